The fourth-order valence-electron chi connectivity index (χ4n) is 3.02. The van der Waals surface area contributed by atoms with Crippen LogP contribution >= 0.6 is 0 Å². The van der Waals surface area contributed by atoms with Crippen molar-refractivity contribution < 1.29 is 9.53 Å². The molecule has 0 saturated heterocycles. The number of anilines is 1. The number of para-hydroxylation sites is 1. The lowest BCUT2D eigenvalue weighted by Gasteiger charge is -2.27. The summed E-state index contributed by atoms with van der Waals surface area (Å²) in [5, 5.41) is 7.88. The minimum atomic E-state index is -0.126. The molecule has 0 radical (unpaired) electrons. The molecule has 3 rings (SSSR count). The van der Waals surface area contributed by atoms with Crippen molar-refractivity contribution in [1.29, 1.82) is 0 Å². The number of hydrogen-bond donors (Lipinski definition) is 0. The molecule has 5 nitrogen and oxygen atoms in total. The Morgan fingerprint density at radius 2 is 1.91 bits per heavy atom. The first-order chi connectivity index (χ1) is 10.9. The molecule has 23 heavy (non-hydrogen) atoms. The lowest BCUT2D eigenvalue weighted by molar-refractivity contribution is 0.0980. The summed E-state index contributed by atoms with van der Waals surface area (Å²) in [4.78, 5) is 14.7. The summed E-state index contributed by atoms with van der Waals surface area (Å²) in [6.07, 6.45) is 0. The Labute approximate surface area is 136 Å². The molecular formula is C18H21N3O2. The summed E-state index contributed by atoms with van der Waals surface area (Å²) in [5.41, 5.74) is 2.59. The summed E-state index contributed by atoms with van der Waals surface area (Å²) in [7, 11) is 1.52. The number of carbonyl (C=O) groups excluding carboxylic acids is 1. The largest absolute Gasteiger partial charge is 0.480 e. The van der Waals surface area contributed by atoms with E-state index in [-0.39, 0.29) is 11.3 Å². The summed E-state index contributed by atoms with van der Waals surface area (Å²) < 4.78 is 4.99. The van der Waals surface area contributed by atoms with Crippen LogP contribution in [0, 0.1) is 5.41 Å². The minimum Gasteiger partial charge on any atom is -0.480 e. The van der Waals surface area contributed by atoms with Crippen molar-refractivity contribution in [3.05, 3.63) is 47.7 Å². The van der Waals surface area contributed by atoms with E-state index >= 15 is 0 Å². The van der Waals surface area contributed by atoms with Crippen molar-refractivity contribution >= 4 is 11.6 Å². The van der Waals surface area contributed by atoms with Crippen LogP contribution in [0.25, 0.3) is 0 Å². The monoisotopic (exact) mass is 311 g/mol. The summed E-state index contributed by atoms with van der Waals surface area (Å²) in [6, 6.07) is 11.4. The van der Waals surface area contributed by atoms with Crippen LogP contribution < -0.4 is 9.64 Å². The molecule has 1 aliphatic rings. The van der Waals surface area contributed by atoms with Gasteiger partial charge in [-0.1, -0.05) is 39.0 Å². The number of rotatable bonds is 2. The van der Waals surface area contributed by atoms with Crippen LogP contribution in [0.4, 0.5) is 5.69 Å². The van der Waals surface area contributed by atoms with Gasteiger partial charge in [0.1, 0.15) is 0 Å². The van der Waals surface area contributed by atoms with Gasteiger partial charge in [0.05, 0.1) is 7.11 Å². The van der Waals surface area contributed by atoms with Crippen LogP contribution in [0.3, 0.4) is 0 Å². The van der Waals surface area contributed by atoms with Crippen molar-refractivity contribution in [2.45, 2.75) is 26.7 Å². The van der Waals surface area contributed by atoms with Gasteiger partial charge in [-0.2, -0.15) is 0 Å². The van der Waals surface area contributed by atoms with Crippen molar-refractivity contribution in [2.75, 3.05) is 18.6 Å². The standard InChI is InChI=1S/C18H21N3O2/c1-18(2,3)13-11-21(15-8-6-5-7-12(13)15)17(22)14-9-10-16(23-4)20-19-14/h5-10,13H,11H2,1-4H3. The number of ether oxygens (including phenoxy) is 1. The predicted molar refractivity (Wildman–Crippen MR) is 88.9 cm³/mol. The number of aromatic nitrogens is 2. The average Bonchev–Trinajstić information content (AvgIpc) is 2.94. The van der Waals surface area contributed by atoms with Crippen LogP contribution in [0.1, 0.15) is 42.7 Å². The van der Waals surface area contributed by atoms with Crippen molar-refractivity contribution in [1.82, 2.24) is 10.2 Å². The molecule has 0 bridgehead atoms. The fraction of sp³-hybridized carbons (Fsp3) is 0.389. The molecule has 0 N–H and O–H groups in total. The zero-order chi connectivity index (χ0) is 16.6. The van der Waals surface area contributed by atoms with Gasteiger partial charge in [0.15, 0.2) is 5.69 Å². The molecule has 0 fully saturated rings. The Bertz CT molecular complexity index is 720. The van der Waals surface area contributed by atoms with Crippen molar-refractivity contribution in [3.63, 3.8) is 0 Å². The number of benzene rings is 1. The Balaban J connectivity index is 1.95. The first-order valence-corrected chi connectivity index (χ1v) is 7.70. The molecular weight excluding hydrogens is 290 g/mol. The second-order valence-electron chi connectivity index (χ2n) is 6.85. The van der Waals surface area contributed by atoms with E-state index in [0.29, 0.717) is 24.0 Å². The molecule has 1 aliphatic heterocycles. The molecule has 5 heteroatoms. The maximum absolute atomic E-state index is 12.9. The van der Waals surface area contributed by atoms with E-state index in [1.807, 2.05) is 23.1 Å². The highest BCUT2D eigenvalue weighted by Gasteiger charge is 2.39. The lowest BCUT2D eigenvalue weighted by atomic mass is 9.78. The second kappa shape index (κ2) is 5.65. The van der Waals surface area contributed by atoms with Crippen LogP contribution in [0.5, 0.6) is 5.88 Å². The van der Waals surface area contributed by atoms with Gasteiger partial charge in [-0.15, -0.1) is 10.2 Å². The van der Waals surface area contributed by atoms with Crippen LogP contribution in [0.15, 0.2) is 36.4 Å². The van der Waals surface area contributed by atoms with E-state index in [1.165, 1.54) is 12.7 Å². The molecule has 1 unspecified atom stereocenters. The van der Waals surface area contributed by atoms with Gasteiger partial charge >= 0.3 is 0 Å². The number of nitrogens with zero attached hydrogens (tertiary/aromatic N) is 3. The molecule has 1 atom stereocenters. The molecule has 2 heterocycles. The highest BCUT2D eigenvalue weighted by molar-refractivity contribution is 6.06. The van der Waals surface area contributed by atoms with Gasteiger partial charge < -0.3 is 9.64 Å². The third-order valence-corrected chi connectivity index (χ3v) is 4.33. The van der Waals surface area contributed by atoms with Gasteiger partial charge in [-0.25, -0.2) is 0 Å². The highest BCUT2D eigenvalue weighted by Crippen LogP contribution is 2.45. The Kier molecular flexibility index (Phi) is 3.80. The minimum absolute atomic E-state index is 0.0801. The van der Waals surface area contributed by atoms with Gasteiger partial charge in [0, 0.05) is 24.2 Å². The number of fused-ring (bicyclic) bond motifs is 1. The van der Waals surface area contributed by atoms with Gasteiger partial charge in [-0.3, -0.25) is 4.79 Å². The molecule has 0 saturated carbocycles. The first kappa shape index (κ1) is 15.5. The summed E-state index contributed by atoms with van der Waals surface area (Å²) >= 11 is 0. The quantitative estimate of drug-likeness (QED) is 0.854. The molecule has 2 aromatic rings. The van der Waals surface area contributed by atoms with E-state index in [0.717, 1.165) is 5.69 Å². The first-order valence-electron chi connectivity index (χ1n) is 7.70. The molecule has 120 valence electrons. The topological polar surface area (TPSA) is 55.3 Å². The van der Waals surface area contributed by atoms with Gasteiger partial charge in [-0.05, 0) is 23.1 Å². The molecule has 0 spiro atoms. The van der Waals surface area contributed by atoms with Crippen LogP contribution in [0.2, 0.25) is 0 Å². The number of methoxy groups -OCH3 is 1. The number of hydrogen-bond acceptors (Lipinski definition) is 4. The van der Waals surface area contributed by atoms with E-state index in [2.05, 4.69) is 37.0 Å². The fourth-order valence-corrected chi connectivity index (χ4v) is 3.02. The molecule has 1 aromatic heterocycles. The van der Waals surface area contributed by atoms with E-state index in [9.17, 15) is 4.79 Å². The summed E-state index contributed by atoms with van der Waals surface area (Å²) in [6.45, 7) is 7.27. The predicted octanol–water partition coefficient (Wildman–Crippen LogP) is 3.28. The maximum atomic E-state index is 12.9. The highest BCUT2D eigenvalue weighted by atomic mass is 16.5. The normalized spacial score (nSPS) is 17.0. The zero-order valence-corrected chi connectivity index (χ0v) is 13.9. The Morgan fingerprint density at radius 3 is 2.52 bits per heavy atom. The SMILES string of the molecule is COc1ccc(C(=O)N2CC(C(C)(C)C)c3ccccc32)nn1. The Morgan fingerprint density at radius 1 is 1.17 bits per heavy atom. The Hall–Kier alpha value is -2.43. The van der Waals surface area contributed by atoms with E-state index in [1.54, 1.807) is 12.1 Å². The molecule has 1 amide bonds. The number of amides is 1. The summed E-state index contributed by atoms with van der Waals surface area (Å²) in [5.74, 6) is 0.573. The van der Waals surface area contributed by atoms with Crippen LogP contribution in [-0.4, -0.2) is 29.8 Å². The third kappa shape index (κ3) is 2.79. The van der Waals surface area contributed by atoms with Crippen LogP contribution in [-0.2, 0) is 0 Å². The molecule has 1 aromatic carbocycles. The lowest BCUT2D eigenvalue weighted by Crippen LogP contribution is -2.33. The van der Waals surface area contributed by atoms with Gasteiger partial charge in [0.2, 0.25) is 5.88 Å². The average molecular weight is 311 g/mol. The number of carbonyl (C=O) groups is 1. The zero-order valence-electron chi connectivity index (χ0n) is 13.9. The van der Waals surface area contributed by atoms with Crippen molar-refractivity contribution in [2.24, 2.45) is 5.41 Å². The second-order valence-corrected chi connectivity index (χ2v) is 6.85. The maximum Gasteiger partial charge on any atom is 0.278 e. The van der Waals surface area contributed by atoms with Crippen molar-refractivity contribution in [3.8, 4) is 5.88 Å². The smallest absolute Gasteiger partial charge is 0.278 e. The molecule has 0 aliphatic carbocycles. The third-order valence-electron chi connectivity index (χ3n) is 4.33. The van der Waals surface area contributed by atoms with Gasteiger partial charge in [0.25, 0.3) is 5.91 Å². The van der Waals surface area contributed by atoms with E-state index < -0.39 is 0 Å². The van der Waals surface area contributed by atoms with E-state index in [4.69, 9.17) is 4.74 Å².